The van der Waals surface area contributed by atoms with Crippen LogP contribution in [0, 0.1) is 5.41 Å². The van der Waals surface area contributed by atoms with Gasteiger partial charge in [0.2, 0.25) is 0 Å². The van der Waals surface area contributed by atoms with Crippen molar-refractivity contribution in [3.63, 3.8) is 0 Å². The van der Waals surface area contributed by atoms with Crippen LogP contribution in [0.4, 0.5) is 17.1 Å². The molecule has 5 nitrogen and oxygen atoms in total. The number of nitrogens with zero attached hydrogens (tertiary/aromatic N) is 2. The molecule has 0 fully saturated rings. The van der Waals surface area contributed by atoms with Gasteiger partial charge in [-0.2, -0.15) is 0 Å². The van der Waals surface area contributed by atoms with E-state index in [4.69, 9.17) is 0 Å². The second-order valence-corrected chi connectivity index (χ2v) is 11.0. The topological polar surface area (TPSA) is 60.9 Å². The Morgan fingerprint density at radius 3 is 2.19 bits per heavy atom. The highest BCUT2D eigenvalue weighted by molar-refractivity contribution is 7.91. The average molecular weight is 445 g/mol. The molecular weight excluding hydrogens is 408 g/mol. The second-order valence-electron chi connectivity index (χ2n) is 9.09. The lowest BCUT2D eigenvalue weighted by atomic mass is 9.79. The van der Waals surface area contributed by atoms with Crippen LogP contribution in [-0.2, 0) is 9.84 Å². The van der Waals surface area contributed by atoms with Crippen molar-refractivity contribution in [2.45, 2.75) is 57.3 Å². The molecule has 0 aromatic heterocycles. The molecule has 6 heteroatoms. The first-order valence-electron chi connectivity index (χ1n) is 11.3. The second kappa shape index (κ2) is 9.51. The fourth-order valence-corrected chi connectivity index (χ4v) is 6.80. The molecular formula is C25H36N2O3S. The number of hydrogen-bond acceptors (Lipinski definition) is 5. The Kier molecular flexibility index (Phi) is 7.20. The first kappa shape index (κ1) is 23.5. The van der Waals surface area contributed by atoms with E-state index >= 15 is 0 Å². The van der Waals surface area contributed by atoms with Crippen molar-refractivity contribution in [2.75, 3.05) is 36.2 Å². The number of hydrogen-bond donors (Lipinski definition) is 1. The maximum Gasteiger partial charge on any atom is 0.181 e. The number of aromatic hydroxyl groups is 1. The van der Waals surface area contributed by atoms with Crippen molar-refractivity contribution in [1.29, 1.82) is 0 Å². The van der Waals surface area contributed by atoms with Gasteiger partial charge in [0.1, 0.15) is 5.75 Å². The molecule has 0 unspecified atom stereocenters. The summed E-state index contributed by atoms with van der Waals surface area (Å²) in [5.74, 6) is 0.117. The largest absolute Gasteiger partial charge is 0.506 e. The zero-order valence-corrected chi connectivity index (χ0v) is 20.1. The van der Waals surface area contributed by atoms with Gasteiger partial charge in [-0.3, -0.25) is 0 Å². The van der Waals surface area contributed by atoms with Crippen molar-refractivity contribution >= 4 is 26.9 Å². The summed E-state index contributed by atoms with van der Waals surface area (Å²) in [4.78, 5) is 4.21. The lowest BCUT2D eigenvalue weighted by Gasteiger charge is -2.37. The maximum absolute atomic E-state index is 13.7. The van der Waals surface area contributed by atoms with E-state index in [2.05, 4.69) is 18.7 Å². The Balaban J connectivity index is 2.25. The normalized spacial score (nSPS) is 17.1. The van der Waals surface area contributed by atoms with Gasteiger partial charge in [-0.15, -0.1) is 0 Å². The summed E-state index contributed by atoms with van der Waals surface area (Å²) in [5, 5.41) is 10.6. The van der Waals surface area contributed by atoms with E-state index in [-0.39, 0.29) is 21.8 Å². The summed E-state index contributed by atoms with van der Waals surface area (Å²) >= 11 is 0. The fraction of sp³-hybridized carbons (Fsp3) is 0.520. The highest BCUT2D eigenvalue weighted by Crippen LogP contribution is 2.47. The third-order valence-corrected chi connectivity index (χ3v) is 8.33. The number of para-hydroxylation sites is 1. The molecule has 1 aliphatic rings. The van der Waals surface area contributed by atoms with Gasteiger partial charge in [-0.25, -0.2) is 8.42 Å². The molecule has 0 amide bonds. The third-order valence-electron chi connectivity index (χ3n) is 6.34. The molecule has 0 atom stereocenters. The van der Waals surface area contributed by atoms with Gasteiger partial charge in [-0.1, -0.05) is 57.7 Å². The Labute approximate surface area is 187 Å². The maximum atomic E-state index is 13.7. The van der Waals surface area contributed by atoms with Crippen LogP contribution in [0.15, 0.2) is 47.4 Å². The number of benzene rings is 2. The smallest absolute Gasteiger partial charge is 0.181 e. The van der Waals surface area contributed by atoms with Crippen LogP contribution in [-0.4, -0.2) is 39.9 Å². The van der Waals surface area contributed by atoms with Gasteiger partial charge in [0, 0.05) is 37.8 Å². The standard InChI is InChI=1S/C25H36N2O3S/c1-5-7-14-25(15-8-6-2)18-27(20-12-10-9-11-13-20)22-16-21(26(3)4)23(28)17-24(22)31(29,30)19-25/h9-13,16-17,28H,5-8,14-15,18-19H2,1-4H3. The lowest BCUT2D eigenvalue weighted by Crippen LogP contribution is -2.38. The van der Waals surface area contributed by atoms with Crippen molar-refractivity contribution in [1.82, 2.24) is 0 Å². The van der Waals surface area contributed by atoms with Gasteiger partial charge < -0.3 is 14.9 Å². The monoisotopic (exact) mass is 444 g/mol. The summed E-state index contributed by atoms with van der Waals surface area (Å²) in [6.07, 6.45) is 5.85. The first-order chi connectivity index (χ1) is 14.7. The van der Waals surface area contributed by atoms with Crippen LogP contribution >= 0.6 is 0 Å². The molecule has 0 spiro atoms. The zero-order valence-electron chi connectivity index (χ0n) is 19.3. The average Bonchev–Trinajstić information content (AvgIpc) is 2.83. The lowest BCUT2D eigenvalue weighted by molar-refractivity contribution is 0.270. The Morgan fingerprint density at radius 2 is 1.65 bits per heavy atom. The molecule has 0 bridgehead atoms. The molecule has 2 aromatic rings. The fourth-order valence-electron chi connectivity index (χ4n) is 4.68. The minimum absolute atomic E-state index is 0.00467. The minimum atomic E-state index is -3.57. The van der Waals surface area contributed by atoms with Crippen LogP contribution in [0.25, 0.3) is 0 Å². The van der Waals surface area contributed by atoms with E-state index in [1.54, 1.807) is 0 Å². The van der Waals surface area contributed by atoms with Gasteiger partial charge in [0.25, 0.3) is 0 Å². The van der Waals surface area contributed by atoms with E-state index < -0.39 is 9.84 Å². The molecule has 31 heavy (non-hydrogen) atoms. The Morgan fingerprint density at radius 1 is 1.03 bits per heavy atom. The summed E-state index contributed by atoms with van der Waals surface area (Å²) in [7, 11) is 0.134. The van der Waals surface area contributed by atoms with Crippen LogP contribution in [0.2, 0.25) is 0 Å². The highest BCUT2D eigenvalue weighted by atomic mass is 32.2. The summed E-state index contributed by atoms with van der Waals surface area (Å²) < 4.78 is 27.4. The van der Waals surface area contributed by atoms with E-state index in [0.717, 1.165) is 44.2 Å². The van der Waals surface area contributed by atoms with Crippen molar-refractivity contribution in [3.05, 3.63) is 42.5 Å². The molecule has 0 saturated carbocycles. The molecule has 1 heterocycles. The van der Waals surface area contributed by atoms with Gasteiger partial charge in [-0.05, 0) is 31.0 Å². The number of rotatable bonds is 8. The molecule has 0 radical (unpaired) electrons. The number of phenolic OH excluding ortho intramolecular Hbond substituents is 1. The minimum Gasteiger partial charge on any atom is -0.506 e. The highest BCUT2D eigenvalue weighted by Gasteiger charge is 2.42. The van der Waals surface area contributed by atoms with E-state index in [9.17, 15) is 13.5 Å². The molecule has 170 valence electrons. The molecule has 1 N–H and O–H groups in total. The van der Waals surface area contributed by atoms with Crippen LogP contribution < -0.4 is 9.80 Å². The van der Waals surface area contributed by atoms with Crippen molar-refractivity contribution in [3.8, 4) is 5.75 Å². The zero-order chi connectivity index (χ0) is 22.6. The molecule has 0 aliphatic carbocycles. The summed E-state index contributed by atoms with van der Waals surface area (Å²) in [6.45, 7) is 4.97. The Hall–Kier alpha value is -2.21. The number of unbranched alkanes of at least 4 members (excludes halogenated alkanes) is 2. The van der Waals surface area contributed by atoms with Gasteiger partial charge >= 0.3 is 0 Å². The van der Waals surface area contributed by atoms with Crippen molar-refractivity contribution in [2.24, 2.45) is 5.41 Å². The molecule has 2 aromatic carbocycles. The SMILES string of the molecule is CCCCC1(CCCC)CN(c2ccccc2)c2cc(N(C)C)c(O)cc2S(=O)(=O)C1. The van der Waals surface area contributed by atoms with Crippen LogP contribution in [0.5, 0.6) is 5.75 Å². The molecule has 1 aliphatic heterocycles. The Bertz CT molecular complexity index is 979. The summed E-state index contributed by atoms with van der Waals surface area (Å²) in [6, 6.07) is 13.3. The quantitative estimate of drug-likeness (QED) is 0.562. The molecule has 3 rings (SSSR count). The van der Waals surface area contributed by atoms with Crippen LogP contribution in [0.1, 0.15) is 52.4 Å². The van der Waals surface area contributed by atoms with Crippen LogP contribution in [0.3, 0.4) is 0 Å². The molecule has 0 saturated heterocycles. The predicted octanol–water partition coefficient (Wildman–Crippen LogP) is 5.75. The van der Waals surface area contributed by atoms with Gasteiger partial charge in [0.15, 0.2) is 9.84 Å². The van der Waals surface area contributed by atoms with Gasteiger partial charge in [0.05, 0.1) is 22.0 Å². The predicted molar refractivity (Wildman–Crippen MR) is 129 cm³/mol. The first-order valence-corrected chi connectivity index (χ1v) is 13.0. The van der Waals surface area contributed by atoms with E-state index in [0.29, 0.717) is 17.9 Å². The van der Waals surface area contributed by atoms with E-state index in [1.165, 1.54) is 6.07 Å². The number of anilines is 3. The van der Waals surface area contributed by atoms with E-state index in [1.807, 2.05) is 55.4 Å². The number of phenols is 1. The number of fused-ring (bicyclic) bond motifs is 1. The third kappa shape index (κ3) is 5.00. The number of sulfone groups is 1. The summed E-state index contributed by atoms with van der Waals surface area (Å²) in [5.41, 5.74) is 1.92. The van der Waals surface area contributed by atoms with Crippen molar-refractivity contribution < 1.29 is 13.5 Å².